The van der Waals surface area contributed by atoms with Crippen molar-refractivity contribution in [3.05, 3.63) is 70.3 Å². The van der Waals surface area contributed by atoms with Crippen LogP contribution in [0.25, 0.3) is 0 Å². The van der Waals surface area contributed by atoms with E-state index in [2.05, 4.69) is 6.07 Å². The Kier molecular flexibility index (Phi) is 4.93. The first kappa shape index (κ1) is 19.0. The largest absolute Gasteiger partial charge is 0.394 e. The normalized spacial score (nSPS) is 31.5. The molecule has 2 aromatic carbocycles. The second kappa shape index (κ2) is 7.26. The summed E-state index contributed by atoms with van der Waals surface area (Å²) >= 11 is 0. The Morgan fingerprint density at radius 3 is 2.43 bits per heavy atom. The summed E-state index contributed by atoms with van der Waals surface area (Å²) in [5, 5.41) is 49.3. The fraction of sp³-hybridized carbons (Fsp3) is 0.381. The third-order valence-electron chi connectivity index (χ3n) is 5.43. The highest BCUT2D eigenvalue weighted by atomic mass is 16.7. The van der Waals surface area contributed by atoms with Gasteiger partial charge in [-0.05, 0) is 41.3 Å². The van der Waals surface area contributed by atoms with Crippen molar-refractivity contribution in [3.8, 4) is 6.07 Å². The van der Waals surface area contributed by atoms with E-state index < -0.39 is 36.8 Å². The van der Waals surface area contributed by atoms with Crippen LogP contribution in [0, 0.1) is 11.3 Å². The number of hydrogen-bond acceptors (Lipinski definition) is 7. The number of hydrogen-bond donors (Lipinski definition) is 4. The lowest BCUT2D eigenvalue weighted by Crippen LogP contribution is -2.63. The topological polar surface area (TPSA) is 123 Å². The molecule has 1 fully saturated rings. The van der Waals surface area contributed by atoms with Gasteiger partial charge >= 0.3 is 0 Å². The quantitative estimate of drug-likeness (QED) is 0.601. The molecule has 0 bridgehead atoms. The van der Waals surface area contributed by atoms with E-state index in [1.165, 1.54) is 0 Å². The zero-order valence-electron chi connectivity index (χ0n) is 15.0. The van der Waals surface area contributed by atoms with E-state index in [1.54, 1.807) is 12.1 Å². The van der Waals surface area contributed by atoms with Gasteiger partial charge in [0.05, 0.1) is 24.8 Å². The number of ether oxygens (including phenoxy) is 2. The Morgan fingerprint density at radius 2 is 1.75 bits per heavy atom. The lowest BCUT2D eigenvalue weighted by atomic mass is 9.86. The minimum absolute atomic E-state index is 0.185. The Balaban J connectivity index is 1.67. The minimum Gasteiger partial charge on any atom is -0.394 e. The summed E-state index contributed by atoms with van der Waals surface area (Å²) in [7, 11) is 0. The van der Waals surface area contributed by atoms with Crippen molar-refractivity contribution >= 4 is 0 Å². The standard InChI is InChI=1S/C21H21NO6/c22-9-13-3-1-12(2-4-13)7-14-5-6-15-11-27-21(16(15)8-14)20(26)19(25)18(24)17(10-23)28-21/h1-6,8,17-20,23-26H,7,10-11H2/t17-,18-,19+,20-,21?/m1/s1. The van der Waals surface area contributed by atoms with E-state index in [9.17, 15) is 20.4 Å². The van der Waals surface area contributed by atoms with Gasteiger partial charge in [-0.1, -0.05) is 24.3 Å². The lowest BCUT2D eigenvalue weighted by molar-refractivity contribution is -0.368. The van der Waals surface area contributed by atoms with Crippen molar-refractivity contribution < 1.29 is 29.9 Å². The maximum Gasteiger partial charge on any atom is 0.225 e. The summed E-state index contributed by atoms with van der Waals surface area (Å²) in [5.41, 5.74) is 3.93. The Labute approximate surface area is 162 Å². The average Bonchev–Trinajstić information content (AvgIpc) is 3.08. The van der Waals surface area contributed by atoms with Gasteiger partial charge in [-0.15, -0.1) is 0 Å². The fourth-order valence-corrected chi connectivity index (χ4v) is 3.86. The molecule has 5 atom stereocenters. The fourth-order valence-electron chi connectivity index (χ4n) is 3.86. The average molecular weight is 383 g/mol. The molecule has 0 amide bonds. The van der Waals surface area contributed by atoms with Crippen molar-refractivity contribution in [1.29, 1.82) is 5.26 Å². The molecule has 2 aliphatic heterocycles. The second-order valence-corrected chi connectivity index (χ2v) is 7.20. The van der Waals surface area contributed by atoms with E-state index in [0.29, 0.717) is 17.5 Å². The van der Waals surface area contributed by atoms with E-state index >= 15 is 0 Å². The molecule has 0 aromatic heterocycles. The van der Waals surface area contributed by atoms with Crippen LogP contribution in [0.5, 0.6) is 0 Å². The zero-order valence-corrected chi connectivity index (χ0v) is 15.0. The van der Waals surface area contributed by atoms with E-state index in [0.717, 1.165) is 16.7 Å². The van der Waals surface area contributed by atoms with Gasteiger partial charge in [0.25, 0.3) is 0 Å². The van der Waals surface area contributed by atoms with Crippen molar-refractivity contribution in [2.24, 2.45) is 0 Å². The van der Waals surface area contributed by atoms with Gasteiger partial charge in [-0.2, -0.15) is 5.26 Å². The summed E-state index contributed by atoms with van der Waals surface area (Å²) in [6.07, 6.45) is -4.91. The smallest absolute Gasteiger partial charge is 0.225 e. The SMILES string of the molecule is N#Cc1ccc(Cc2ccc3c(c2)C2(OC3)O[C@H](CO)[C@@H](O)[C@H](O)[C@H]2O)cc1. The van der Waals surface area contributed by atoms with Gasteiger partial charge in [0, 0.05) is 5.56 Å². The number of nitrogens with zero attached hydrogens (tertiary/aromatic N) is 1. The van der Waals surface area contributed by atoms with Crippen LogP contribution < -0.4 is 0 Å². The summed E-state index contributed by atoms with van der Waals surface area (Å²) < 4.78 is 11.5. The van der Waals surface area contributed by atoms with Gasteiger partial charge in [-0.25, -0.2) is 0 Å². The molecule has 7 nitrogen and oxygen atoms in total. The molecular weight excluding hydrogens is 362 g/mol. The van der Waals surface area contributed by atoms with Crippen molar-refractivity contribution in [2.75, 3.05) is 6.61 Å². The summed E-state index contributed by atoms with van der Waals surface area (Å²) in [6, 6.07) is 15.0. The number of aliphatic hydroxyl groups excluding tert-OH is 4. The Bertz CT molecular complexity index is 906. The summed E-state index contributed by atoms with van der Waals surface area (Å²) in [4.78, 5) is 0. The molecule has 1 unspecified atom stereocenters. The monoisotopic (exact) mass is 383 g/mol. The molecule has 2 aromatic rings. The lowest BCUT2D eigenvalue weighted by Gasteiger charge is -2.46. The first-order valence-corrected chi connectivity index (χ1v) is 9.06. The number of nitriles is 1. The predicted octanol–water partition coefficient (Wildman–Crippen LogP) is 0.306. The minimum atomic E-state index is -1.64. The molecule has 1 saturated heterocycles. The van der Waals surface area contributed by atoms with Crippen molar-refractivity contribution in [1.82, 2.24) is 0 Å². The molecule has 2 heterocycles. The summed E-state index contributed by atoms with van der Waals surface area (Å²) in [6.45, 7) is -0.333. The van der Waals surface area contributed by atoms with Crippen LogP contribution in [0.1, 0.15) is 27.8 Å². The molecule has 0 radical (unpaired) electrons. The van der Waals surface area contributed by atoms with E-state index in [4.69, 9.17) is 14.7 Å². The van der Waals surface area contributed by atoms with Crippen LogP contribution in [-0.2, 0) is 28.3 Å². The van der Waals surface area contributed by atoms with E-state index in [-0.39, 0.29) is 6.61 Å². The first-order valence-electron chi connectivity index (χ1n) is 9.06. The third-order valence-corrected chi connectivity index (χ3v) is 5.43. The van der Waals surface area contributed by atoms with E-state index in [1.807, 2.05) is 30.3 Å². The molecule has 0 aliphatic carbocycles. The zero-order chi connectivity index (χ0) is 19.9. The first-order chi connectivity index (χ1) is 13.5. The summed E-state index contributed by atoms with van der Waals surface area (Å²) in [5.74, 6) is -1.64. The van der Waals surface area contributed by atoms with Gasteiger partial charge in [0.1, 0.15) is 24.4 Å². The number of benzene rings is 2. The molecular formula is C21H21NO6. The highest BCUT2D eigenvalue weighted by Crippen LogP contribution is 2.46. The molecule has 1 spiro atoms. The van der Waals surface area contributed by atoms with Crippen LogP contribution in [0.4, 0.5) is 0 Å². The van der Waals surface area contributed by atoms with Crippen LogP contribution in [-0.4, -0.2) is 51.4 Å². The number of rotatable bonds is 3. The number of aliphatic hydroxyl groups is 4. The molecule has 4 N–H and O–H groups in total. The predicted molar refractivity (Wildman–Crippen MR) is 96.9 cm³/mol. The highest BCUT2D eigenvalue weighted by molar-refractivity contribution is 5.41. The van der Waals surface area contributed by atoms with Gasteiger partial charge in [-0.3, -0.25) is 0 Å². The van der Waals surface area contributed by atoms with Crippen LogP contribution in [0.2, 0.25) is 0 Å². The van der Waals surface area contributed by atoms with Crippen LogP contribution >= 0.6 is 0 Å². The molecule has 146 valence electrons. The Morgan fingerprint density at radius 1 is 1.04 bits per heavy atom. The van der Waals surface area contributed by atoms with Gasteiger partial charge in [0.15, 0.2) is 0 Å². The molecule has 7 heteroatoms. The van der Waals surface area contributed by atoms with Gasteiger partial charge in [0.2, 0.25) is 5.79 Å². The Hall–Kier alpha value is -2.31. The van der Waals surface area contributed by atoms with Crippen molar-refractivity contribution in [3.63, 3.8) is 0 Å². The maximum absolute atomic E-state index is 10.6. The third kappa shape index (κ3) is 3.01. The second-order valence-electron chi connectivity index (χ2n) is 7.20. The maximum atomic E-state index is 10.6. The van der Waals surface area contributed by atoms with Crippen LogP contribution in [0.15, 0.2) is 42.5 Å². The molecule has 4 rings (SSSR count). The van der Waals surface area contributed by atoms with Crippen LogP contribution in [0.3, 0.4) is 0 Å². The molecule has 0 saturated carbocycles. The molecule has 28 heavy (non-hydrogen) atoms. The van der Waals surface area contributed by atoms with Gasteiger partial charge < -0.3 is 29.9 Å². The van der Waals surface area contributed by atoms with Crippen molar-refractivity contribution in [2.45, 2.75) is 43.2 Å². The number of fused-ring (bicyclic) bond motifs is 2. The highest BCUT2D eigenvalue weighted by Gasteiger charge is 2.58. The molecule has 2 aliphatic rings.